The van der Waals surface area contributed by atoms with E-state index in [1.807, 2.05) is 48.3 Å². The van der Waals surface area contributed by atoms with Crippen LogP contribution < -0.4 is 10.1 Å². The fourth-order valence-electron chi connectivity index (χ4n) is 3.01. The number of hydrogen-bond acceptors (Lipinski definition) is 5. The molecule has 1 saturated heterocycles. The molecule has 0 amide bonds. The Labute approximate surface area is 146 Å². The van der Waals surface area contributed by atoms with E-state index in [4.69, 9.17) is 14.5 Å². The van der Waals surface area contributed by atoms with Gasteiger partial charge in [0.05, 0.1) is 16.6 Å². The van der Waals surface area contributed by atoms with Crippen molar-refractivity contribution in [2.24, 2.45) is 7.05 Å². The van der Waals surface area contributed by atoms with Crippen LogP contribution in [0.5, 0.6) is 5.88 Å². The summed E-state index contributed by atoms with van der Waals surface area (Å²) in [5.41, 5.74) is 2.79. The van der Waals surface area contributed by atoms with Crippen molar-refractivity contribution in [2.75, 3.05) is 26.3 Å². The Morgan fingerprint density at radius 2 is 2.36 bits per heavy atom. The van der Waals surface area contributed by atoms with Crippen LogP contribution in [0.3, 0.4) is 0 Å². The largest absolute Gasteiger partial charge is 0.474 e. The molecule has 3 aromatic heterocycles. The molecule has 0 spiro atoms. The van der Waals surface area contributed by atoms with Gasteiger partial charge in [0.15, 0.2) is 0 Å². The molecule has 130 valence electrons. The summed E-state index contributed by atoms with van der Waals surface area (Å²) in [7, 11) is 2.00. The fraction of sp³-hybridized carbons (Fsp3) is 0.368. The van der Waals surface area contributed by atoms with Crippen molar-refractivity contribution < 1.29 is 9.47 Å². The van der Waals surface area contributed by atoms with Crippen LogP contribution in [0.2, 0.25) is 0 Å². The fourth-order valence-corrected chi connectivity index (χ4v) is 3.01. The first kappa shape index (κ1) is 16.1. The molecule has 1 aliphatic heterocycles. The maximum Gasteiger partial charge on any atom is 0.223 e. The van der Waals surface area contributed by atoms with E-state index in [1.165, 1.54) is 0 Å². The Kier molecular flexibility index (Phi) is 4.63. The zero-order valence-corrected chi connectivity index (χ0v) is 14.3. The molecule has 1 aliphatic rings. The molecule has 1 N–H and O–H groups in total. The normalized spacial score (nSPS) is 18.2. The SMILES string of the molecule is Cn1ccc(-c2cc3ncccc3c(OC[C@@H]3CNCCCO3)n2)c1. The number of ether oxygens (including phenoxy) is 2. The third-order valence-electron chi connectivity index (χ3n) is 4.32. The van der Waals surface area contributed by atoms with Crippen molar-refractivity contribution in [3.8, 4) is 17.1 Å². The average Bonchev–Trinajstić information content (AvgIpc) is 2.91. The third kappa shape index (κ3) is 3.65. The van der Waals surface area contributed by atoms with Crippen molar-refractivity contribution in [2.45, 2.75) is 12.5 Å². The molecule has 6 nitrogen and oxygen atoms in total. The molecule has 1 atom stereocenters. The summed E-state index contributed by atoms with van der Waals surface area (Å²) in [4.78, 5) is 9.21. The maximum atomic E-state index is 6.06. The standard InChI is InChI=1S/C19H22N4O2/c1-23-8-5-14(12-23)17-10-18-16(4-2-7-21-18)19(22-17)25-13-15-11-20-6-3-9-24-15/h2,4-5,7-8,10,12,15,20H,3,6,9,11,13H2,1H3/t15-/m0/s1. The quantitative estimate of drug-likeness (QED) is 0.791. The van der Waals surface area contributed by atoms with Crippen molar-refractivity contribution >= 4 is 10.9 Å². The Morgan fingerprint density at radius 1 is 1.40 bits per heavy atom. The minimum absolute atomic E-state index is 0.0383. The van der Waals surface area contributed by atoms with E-state index < -0.39 is 0 Å². The van der Waals surface area contributed by atoms with E-state index in [2.05, 4.69) is 10.3 Å². The summed E-state index contributed by atoms with van der Waals surface area (Å²) in [5, 5.41) is 4.29. The first-order chi connectivity index (χ1) is 12.3. The van der Waals surface area contributed by atoms with Gasteiger partial charge in [-0.15, -0.1) is 0 Å². The highest BCUT2D eigenvalue weighted by molar-refractivity contribution is 5.86. The molecular weight excluding hydrogens is 316 g/mol. The van der Waals surface area contributed by atoms with Gasteiger partial charge in [-0.25, -0.2) is 4.98 Å². The summed E-state index contributed by atoms with van der Waals surface area (Å²) < 4.78 is 13.9. The zero-order valence-electron chi connectivity index (χ0n) is 14.3. The Hall–Kier alpha value is -2.44. The van der Waals surface area contributed by atoms with E-state index in [0.717, 1.165) is 48.3 Å². The summed E-state index contributed by atoms with van der Waals surface area (Å²) in [6.45, 7) is 3.03. The molecule has 0 aliphatic carbocycles. The van der Waals surface area contributed by atoms with Crippen LogP contribution in [0, 0.1) is 0 Å². The van der Waals surface area contributed by atoms with Crippen LogP contribution in [0.15, 0.2) is 42.9 Å². The molecule has 6 heteroatoms. The molecular formula is C19H22N4O2. The number of aromatic nitrogens is 3. The number of rotatable bonds is 4. The third-order valence-corrected chi connectivity index (χ3v) is 4.32. The topological polar surface area (TPSA) is 61.2 Å². The number of fused-ring (bicyclic) bond motifs is 1. The van der Waals surface area contributed by atoms with E-state index in [0.29, 0.717) is 12.5 Å². The van der Waals surface area contributed by atoms with Crippen LogP contribution in [-0.4, -0.2) is 46.9 Å². The maximum absolute atomic E-state index is 6.06. The lowest BCUT2D eigenvalue weighted by atomic mass is 10.1. The molecule has 3 aromatic rings. The Morgan fingerprint density at radius 3 is 3.24 bits per heavy atom. The minimum atomic E-state index is 0.0383. The molecule has 25 heavy (non-hydrogen) atoms. The minimum Gasteiger partial charge on any atom is -0.474 e. The Balaban J connectivity index is 1.64. The highest BCUT2D eigenvalue weighted by Crippen LogP contribution is 2.28. The second-order valence-corrected chi connectivity index (χ2v) is 6.31. The van der Waals surface area contributed by atoms with Gasteiger partial charge in [0.25, 0.3) is 0 Å². The van der Waals surface area contributed by atoms with Crippen LogP contribution in [-0.2, 0) is 11.8 Å². The van der Waals surface area contributed by atoms with Crippen LogP contribution in [0.4, 0.5) is 0 Å². The van der Waals surface area contributed by atoms with E-state index in [9.17, 15) is 0 Å². The summed E-state index contributed by atoms with van der Waals surface area (Å²) >= 11 is 0. The van der Waals surface area contributed by atoms with Crippen molar-refractivity contribution in [3.05, 3.63) is 42.9 Å². The van der Waals surface area contributed by atoms with Crippen LogP contribution >= 0.6 is 0 Å². The van der Waals surface area contributed by atoms with Crippen LogP contribution in [0.25, 0.3) is 22.2 Å². The number of aryl methyl sites for hydroxylation is 1. The number of pyridine rings is 2. The van der Waals surface area contributed by atoms with Crippen molar-refractivity contribution in [3.63, 3.8) is 0 Å². The first-order valence-electron chi connectivity index (χ1n) is 8.63. The highest BCUT2D eigenvalue weighted by atomic mass is 16.5. The van der Waals surface area contributed by atoms with Gasteiger partial charge in [-0.05, 0) is 37.2 Å². The molecule has 1 fully saturated rings. The van der Waals surface area contributed by atoms with Gasteiger partial charge >= 0.3 is 0 Å². The van der Waals surface area contributed by atoms with Gasteiger partial charge < -0.3 is 19.4 Å². The summed E-state index contributed by atoms with van der Waals surface area (Å²) in [6, 6.07) is 7.94. The zero-order chi connectivity index (χ0) is 17.1. The predicted octanol–water partition coefficient (Wildman–Crippen LogP) is 2.39. The monoisotopic (exact) mass is 338 g/mol. The van der Waals surface area contributed by atoms with E-state index >= 15 is 0 Å². The number of hydrogen-bond donors (Lipinski definition) is 1. The summed E-state index contributed by atoms with van der Waals surface area (Å²) in [5.74, 6) is 0.609. The molecule has 4 rings (SSSR count). The van der Waals surface area contributed by atoms with Gasteiger partial charge in [-0.3, -0.25) is 4.98 Å². The van der Waals surface area contributed by atoms with Gasteiger partial charge in [0.1, 0.15) is 12.7 Å². The number of nitrogens with one attached hydrogen (secondary N) is 1. The Bertz CT molecular complexity index is 854. The van der Waals surface area contributed by atoms with E-state index in [1.54, 1.807) is 6.20 Å². The average molecular weight is 338 g/mol. The molecule has 4 heterocycles. The summed E-state index contributed by atoms with van der Waals surface area (Å²) in [6.07, 6.45) is 6.91. The molecule has 0 bridgehead atoms. The highest BCUT2D eigenvalue weighted by Gasteiger charge is 2.16. The second kappa shape index (κ2) is 7.21. The second-order valence-electron chi connectivity index (χ2n) is 6.31. The molecule has 0 aromatic carbocycles. The molecule has 0 radical (unpaired) electrons. The lowest BCUT2D eigenvalue weighted by molar-refractivity contribution is 0.0317. The molecule has 0 saturated carbocycles. The van der Waals surface area contributed by atoms with Crippen LogP contribution in [0.1, 0.15) is 6.42 Å². The lowest BCUT2D eigenvalue weighted by Crippen LogP contribution is -2.31. The number of nitrogens with zero attached hydrogens (tertiary/aromatic N) is 3. The lowest BCUT2D eigenvalue weighted by Gasteiger charge is -2.16. The van der Waals surface area contributed by atoms with Gasteiger partial charge in [0.2, 0.25) is 5.88 Å². The van der Waals surface area contributed by atoms with Crippen molar-refractivity contribution in [1.29, 1.82) is 0 Å². The van der Waals surface area contributed by atoms with Gasteiger partial charge in [-0.2, -0.15) is 0 Å². The van der Waals surface area contributed by atoms with Gasteiger partial charge in [0, 0.05) is 44.4 Å². The van der Waals surface area contributed by atoms with Crippen molar-refractivity contribution in [1.82, 2.24) is 19.9 Å². The predicted molar refractivity (Wildman–Crippen MR) is 96.7 cm³/mol. The smallest absolute Gasteiger partial charge is 0.223 e. The van der Waals surface area contributed by atoms with Gasteiger partial charge in [-0.1, -0.05) is 0 Å². The molecule has 0 unspecified atom stereocenters. The first-order valence-corrected chi connectivity index (χ1v) is 8.63. The van der Waals surface area contributed by atoms with E-state index in [-0.39, 0.29) is 6.10 Å².